The Labute approximate surface area is 122 Å². The topological polar surface area (TPSA) is 32.3 Å². The molecule has 1 unspecified atom stereocenters. The second-order valence-corrected chi connectivity index (χ2v) is 6.45. The van der Waals surface area contributed by atoms with Crippen molar-refractivity contribution in [1.82, 2.24) is 10.2 Å². The van der Waals surface area contributed by atoms with Crippen molar-refractivity contribution in [3.63, 3.8) is 0 Å². The lowest BCUT2D eigenvalue weighted by atomic mass is 9.98. The number of rotatable bonds is 2. The third kappa shape index (κ3) is 1.98. The molecular formula is C16H18F2N2O. The van der Waals surface area contributed by atoms with Gasteiger partial charge in [-0.05, 0) is 37.8 Å². The Morgan fingerprint density at radius 3 is 2.52 bits per heavy atom. The fraction of sp³-hybridized carbons (Fsp3) is 0.562. The van der Waals surface area contributed by atoms with Gasteiger partial charge in [-0.1, -0.05) is 12.8 Å². The number of hydrogen-bond donors (Lipinski definition) is 1. The standard InChI is InChI=1S/C16H18F2N2O/c17-10-3-6-12(13(18)9-10)14-19-16(7-1-2-8-16)15(21)20(14)11-4-5-11/h3,6,9,11,14,19H,1-2,4-5,7-8H2. The van der Waals surface area contributed by atoms with Crippen LogP contribution in [0.25, 0.3) is 0 Å². The van der Waals surface area contributed by atoms with Crippen molar-refractivity contribution < 1.29 is 13.6 Å². The number of nitrogens with one attached hydrogen (secondary N) is 1. The maximum Gasteiger partial charge on any atom is 0.244 e. The van der Waals surface area contributed by atoms with Crippen molar-refractivity contribution >= 4 is 5.91 Å². The molecule has 2 saturated carbocycles. The van der Waals surface area contributed by atoms with E-state index in [1.165, 1.54) is 12.1 Å². The molecule has 112 valence electrons. The molecule has 0 aromatic heterocycles. The lowest BCUT2D eigenvalue weighted by Crippen LogP contribution is -2.44. The molecule has 21 heavy (non-hydrogen) atoms. The molecule has 3 fully saturated rings. The van der Waals surface area contributed by atoms with Gasteiger partial charge in [-0.25, -0.2) is 8.78 Å². The first-order chi connectivity index (χ1) is 10.1. The van der Waals surface area contributed by atoms with Gasteiger partial charge in [0.05, 0.1) is 5.54 Å². The largest absolute Gasteiger partial charge is 0.318 e. The van der Waals surface area contributed by atoms with E-state index in [4.69, 9.17) is 0 Å². The van der Waals surface area contributed by atoms with Gasteiger partial charge in [-0.15, -0.1) is 0 Å². The van der Waals surface area contributed by atoms with Gasteiger partial charge in [-0.3, -0.25) is 10.1 Å². The van der Waals surface area contributed by atoms with Gasteiger partial charge in [0, 0.05) is 17.7 Å². The molecule has 1 spiro atoms. The number of nitrogens with zero attached hydrogens (tertiary/aromatic N) is 1. The molecule has 5 heteroatoms. The summed E-state index contributed by atoms with van der Waals surface area (Å²) in [5.74, 6) is -1.06. The maximum atomic E-state index is 14.1. The summed E-state index contributed by atoms with van der Waals surface area (Å²) in [7, 11) is 0. The number of carbonyl (C=O) groups excluding carboxylic acids is 1. The summed E-state index contributed by atoms with van der Waals surface area (Å²) in [5, 5.41) is 3.38. The minimum atomic E-state index is -0.589. The van der Waals surface area contributed by atoms with Gasteiger partial charge in [0.25, 0.3) is 0 Å². The third-order valence-corrected chi connectivity index (χ3v) is 4.99. The fourth-order valence-electron chi connectivity index (χ4n) is 3.77. The van der Waals surface area contributed by atoms with Gasteiger partial charge in [0.1, 0.15) is 17.8 Å². The van der Waals surface area contributed by atoms with E-state index < -0.39 is 23.3 Å². The second kappa shape index (κ2) is 4.50. The monoisotopic (exact) mass is 292 g/mol. The number of carbonyl (C=O) groups is 1. The van der Waals surface area contributed by atoms with Crippen LogP contribution in [-0.4, -0.2) is 22.4 Å². The van der Waals surface area contributed by atoms with Crippen LogP contribution in [-0.2, 0) is 4.79 Å². The number of halogens is 2. The van der Waals surface area contributed by atoms with Crippen LogP contribution in [0.5, 0.6) is 0 Å². The average Bonchev–Trinajstić information content (AvgIpc) is 3.09. The van der Waals surface area contributed by atoms with Gasteiger partial charge in [0.2, 0.25) is 5.91 Å². The molecule has 1 heterocycles. The SMILES string of the molecule is O=C1N(C2CC2)C(c2ccc(F)cc2F)NC12CCCC2. The lowest BCUT2D eigenvalue weighted by molar-refractivity contribution is -0.133. The zero-order chi connectivity index (χ0) is 14.6. The van der Waals surface area contributed by atoms with Crippen LogP contribution in [0.2, 0.25) is 0 Å². The normalized spacial score (nSPS) is 27.8. The van der Waals surface area contributed by atoms with Crippen molar-refractivity contribution in [2.45, 2.75) is 56.3 Å². The van der Waals surface area contributed by atoms with Crippen LogP contribution in [0.15, 0.2) is 18.2 Å². The van der Waals surface area contributed by atoms with Gasteiger partial charge < -0.3 is 4.90 Å². The number of hydrogen-bond acceptors (Lipinski definition) is 2. The molecule has 2 aliphatic carbocycles. The van der Waals surface area contributed by atoms with Crippen LogP contribution in [0, 0.1) is 11.6 Å². The van der Waals surface area contributed by atoms with E-state index in [9.17, 15) is 13.6 Å². The first kappa shape index (κ1) is 13.2. The van der Waals surface area contributed by atoms with Crippen LogP contribution >= 0.6 is 0 Å². The van der Waals surface area contributed by atoms with E-state index in [0.717, 1.165) is 44.6 Å². The van der Waals surface area contributed by atoms with Crippen LogP contribution < -0.4 is 5.32 Å². The Morgan fingerprint density at radius 1 is 1.19 bits per heavy atom. The fourth-order valence-corrected chi connectivity index (χ4v) is 3.77. The van der Waals surface area contributed by atoms with Crippen LogP contribution in [0.4, 0.5) is 8.78 Å². The molecule has 1 aromatic carbocycles. The quantitative estimate of drug-likeness (QED) is 0.909. The molecule has 1 saturated heterocycles. The third-order valence-electron chi connectivity index (χ3n) is 4.99. The number of benzene rings is 1. The van der Waals surface area contributed by atoms with E-state index >= 15 is 0 Å². The molecule has 1 aliphatic heterocycles. The highest BCUT2D eigenvalue weighted by atomic mass is 19.1. The van der Waals surface area contributed by atoms with Crippen LogP contribution in [0.3, 0.4) is 0 Å². The summed E-state index contributed by atoms with van der Waals surface area (Å²) in [5.41, 5.74) is -0.144. The van der Waals surface area contributed by atoms with Gasteiger partial charge in [-0.2, -0.15) is 0 Å². The highest BCUT2D eigenvalue weighted by Gasteiger charge is 2.56. The van der Waals surface area contributed by atoms with Crippen molar-refractivity contribution in [2.24, 2.45) is 0 Å². The van der Waals surface area contributed by atoms with Crippen molar-refractivity contribution in [3.05, 3.63) is 35.4 Å². The minimum Gasteiger partial charge on any atom is -0.318 e. The predicted molar refractivity (Wildman–Crippen MR) is 73.3 cm³/mol. The van der Waals surface area contributed by atoms with E-state index in [-0.39, 0.29) is 11.9 Å². The van der Waals surface area contributed by atoms with Crippen molar-refractivity contribution in [2.75, 3.05) is 0 Å². The highest BCUT2D eigenvalue weighted by molar-refractivity contribution is 5.90. The van der Waals surface area contributed by atoms with Crippen LogP contribution in [0.1, 0.15) is 50.3 Å². The Kier molecular flexibility index (Phi) is 2.83. The van der Waals surface area contributed by atoms with Gasteiger partial charge in [0.15, 0.2) is 0 Å². The summed E-state index contributed by atoms with van der Waals surface area (Å²) in [6.45, 7) is 0. The van der Waals surface area contributed by atoms with Gasteiger partial charge >= 0.3 is 0 Å². The second-order valence-electron chi connectivity index (χ2n) is 6.45. The molecule has 3 aliphatic rings. The first-order valence-corrected chi connectivity index (χ1v) is 7.66. The van der Waals surface area contributed by atoms with Crippen molar-refractivity contribution in [3.8, 4) is 0 Å². The van der Waals surface area contributed by atoms with Crippen molar-refractivity contribution in [1.29, 1.82) is 0 Å². The smallest absolute Gasteiger partial charge is 0.244 e. The Morgan fingerprint density at radius 2 is 1.90 bits per heavy atom. The average molecular weight is 292 g/mol. The molecule has 4 rings (SSSR count). The summed E-state index contributed by atoms with van der Waals surface area (Å²) in [4.78, 5) is 14.6. The minimum absolute atomic E-state index is 0.108. The first-order valence-electron chi connectivity index (χ1n) is 7.66. The summed E-state index contributed by atoms with van der Waals surface area (Å²) in [6.07, 6.45) is 5.17. The predicted octanol–water partition coefficient (Wildman–Crippen LogP) is 2.87. The Bertz CT molecular complexity index is 594. The number of amides is 1. The Hall–Kier alpha value is -1.49. The molecule has 1 amide bonds. The Balaban J connectivity index is 1.74. The van der Waals surface area contributed by atoms with E-state index in [0.29, 0.717) is 5.56 Å². The van der Waals surface area contributed by atoms with E-state index in [2.05, 4.69) is 5.32 Å². The molecule has 1 aromatic rings. The molecule has 0 radical (unpaired) electrons. The molecule has 1 atom stereocenters. The summed E-state index contributed by atoms with van der Waals surface area (Å²) < 4.78 is 27.3. The maximum absolute atomic E-state index is 14.1. The zero-order valence-electron chi connectivity index (χ0n) is 11.7. The lowest BCUT2D eigenvalue weighted by Gasteiger charge is -2.24. The zero-order valence-corrected chi connectivity index (χ0v) is 11.7. The molecule has 0 bridgehead atoms. The van der Waals surface area contributed by atoms with E-state index in [1.807, 2.05) is 4.90 Å². The molecular weight excluding hydrogens is 274 g/mol. The highest BCUT2D eigenvalue weighted by Crippen LogP contribution is 2.46. The summed E-state index contributed by atoms with van der Waals surface area (Å²) >= 11 is 0. The van der Waals surface area contributed by atoms with E-state index in [1.54, 1.807) is 0 Å². The summed E-state index contributed by atoms with van der Waals surface area (Å²) in [6, 6.07) is 3.82. The molecule has 3 nitrogen and oxygen atoms in total. The molecule has 1 N–H and O–H groups in total.